The molecule has 0 saturated heterocycles. The summed E-state index contributed by atoms with van der Waals surface area (Å²) in [5.41, 5.74) is 12.4. The monoisotopic (exact) mass is 619 g/mol. The normalized spacial score (nSPS) is 16.1. The second-order valence-corrected chi connectivity index (χ2v) is 12.8. The molecule has 0 radical (unpaired) electrons. The summed E-state index contributed by atoms with van der Waals surface area (Å²) < 4.78 is 16.9. The highest BCUT2D eigenvalue weighted by Gasteiger charge is 2.43. The van der Waals surface area contributed by atoms with Crippen LogP contribution in [-0.4, -0.2) is 15.0 Å². The molecule has 1 heterocycles. The van der Waals surface area contributed by atoms with Crippen LogP contribution in [0.4, 0.5) is 0 Å². The van der Waals surface area contributed by atoms with Crippen molar-refractivity contribution < 1.29 is 2.74 Å². The molecule has 9 rings (SSSR count). The number of hydrogen-bond donors (Lipinski definition) is 0. The Morgan fingerprint density at radius 3 is 1.62 bits per heavy atom. The molecule has 0 aliphatic heterocycles. The van der Waals surface area contributed by atoms with Crippen LogP contribution in [0.5, 0.6) is 0 Å². The molecule has 230 valence electrons. The first-order valence-electron chi connectivity index (χ1n) is 17.8. The number of fused-ring (bicyclic) bond motifs is 5. The lowest BCUT2D eigenvalue weighted by molar-refractivity contribution is 0.353. The van der Waals surface area contributed by atoms with E-state index >= 15 is 0 Å². The number of nitrogens with zero attached hydrogens (tertiary/aromatic N) is 3. The summed E-state index contributed by atoms with van der Waals surface area (Å²) in [6, 6.07) is 52.9. The second-order valence-electron chi connectivity index (χ2n) is 12.8. The van der Waals surface area contributed by atoms with Crippen molar-refractivity contribution in [2.75, 3.05) is 0 Å². The van der Waals surface area contributed by atoms with Crippen molar-refractivity contribution in [1.29, 1.82) is 0 Å². The van der Waals surface area contributed by atoms with E-state index in [0.717, 1.165) is 46.2 Å². The van der Waals surface area contributed by atoms with Crippen molar-refractivity contribution in [2.45, 2.75) is 37.5 Å². The van der Waals surface area contributed by atoms with E-state index in [-0.39, 0.29) is 5.41 Å². The maximum Gasteiger partial charge on any atom is 0.164 e. The van der Waals surface area contributed by atoms with Crippen molar-refractivity contribution in [3.05, 3.63) is 163 Å². The average Bonchev–Trinajstić information content (AvgIpc) is 3.45. The summed E-state index contributed by atoms with van der Waals surface area (Å²) in [5, 5.41) is 0. The highest BCUT2D eigenvalue weighted by molar-refractivity contribution is 5.87. The molecule has 3 nitrogen and oxygen atoms in total. The van der Waals surface area contributed by atoms with Gasteiger partial charge in [0.25, 0.3) is 0 Å². The van der Waals surface area contributed by atoms with E-state index in [1.54, 1.807) is 0 Å². The van der Waals surface area contributed by atoms with Gasteiger partial charge in [-0.3, -0.25) is 0 Å². The number of hydrogen-bond acceptors (Lipinski definition) is 3. The average molecular weight is 620 g/mol. The van der Waals surface area contributed by atoms with Gasteiger partial charge in [-0.05, 0) is 69.5 Å². The highest BCUT2D eigenvalue weighted by Crippen LogP contribution is 2.56. The Morgan fingerprint density at radius 2 is 0.917 bits per heavy atom. The van der Waals surface area contributed by atoms with Crippen LogP contribution in [0.1, 0.15) is 45.9 Å². The standard InChI is InChI=1S/C45H35N3/c1-4-15-31(16-5-1)42-46-43(32-17-6-2-7-18-32)48-44(47-42)39-23-9-8-21-36(39)35-20-14-19-33(29-35)34-25-26-38-37-22-10-11-24-40(37)45(41(38)30-34)27-12-3-13-28-45/h1-2,4-11,14-26,29-30H,3,12-13,27-28H2/i3D2. The third-order valence-corrected chi connectivity index (χ3v) is 10.1. The van der Waals surface area contributed by atoms with Crippen LogP contribution in [0.15, 0.2) is 152 Å². The molecule has 1 saturated carbocycles. The van der Waals surface area contributed by atoms with E-state index in [4.69, 9.17) is 17.7 Å². The lowest BCUT2D eigenvalue weighted by Crippen LogP contribution is -2.28. The van der Waals surface area contributed by atoms with Crippen LogP contribution in [0.25, 0.3) is 67.5 Å². The van der Waals surface area contributed by atoms with E-state index in [1.165, 1.54) is 27.8 Å². The van der Waals surface area contributed by atoms with Gasteiger partial charge in [-0.15, -0.1) is 0 Å². The fourth-order valence-corrected chi connectivity index (χ4v) is 7.75. The van der Waals surface area contributed by atoms with Gasteiger partial charge in [-0.1, -0.05) is 159 Å². The van der Waals surface area contributed by atoms with Crippen molar-refractivity contribution in [1.82, 2.24) is 15.0 Å². The van der Waals surface area contributed by atoms with Crippen LogP contribution in [0.3, 0.4) is 0 Å². The van der Waals surface area contributed by atoms with Crippen LogP contribution in [0, 0.1) is 0 Å². The van der Waals surface area contributed by atoms with Crippen molar-refractivity contribution in [3.8, 4) is 67.5 Å². The Kier molecular flexibility index (Phi) is 6.52. The minimum atomic E-state index is -1.11. The summed E-state index contributed by atoms with van der Waals surface area (Å²) in [5.74, 6) is 1.91. The fourth-order valence-electron chi connectivity index (χ4n) is 7.75. The molecule has 2 aliphatic rings. The molecule has 2 aliphatic carbocycles. The number of rotatable bonds is 5. The van der Waals surface area contributed by atoms with E-state index in [1.807, 2.05) is 66.7 Å². The highest BCUT2D eigenvalue weighted by atomic mass is 15.0. The van der Waals surface area contributed by atoms with Gasteiger partial charge in [-0.25, -0.2) is 15.0 Å². The minimum Gasteiger partial charge on any atom is -0.208 e. The molecule has 7 aromatic rings. The largest absolute Gasteiger partial charge is 0.208 e. The lowest BCUT2D eigenvalue weighted by atomic mass is 9.67. The molecule has 3 heteroatoms. The zero-order chi connectivity index (χ0) is 33.7. The molecule has 0 N–H and O–H groups in total. The van der Waals surface area contributed by atoms with Crippen LogP contribution >= 0.6 is 0 Å². The lowest BCUT2D eigenvalue weighted by Gasteiger charge is -2.36. The Morgan fingerprint density at radius 1 is 0.396 bits per heavy atom. The maximum atomic E-state index is 8.47. The molecule has 0 atom stereocenters. The molecule has 0 unspecified atom stereocenters. The molecule has 0 amide bonds. The summed E-state index contributed by atoms with van der Waals surface area (Å²) >= 11 is 0. The zero-order valence-corrected chi connectivity index (χ0v) is 26.6. The van der Waals surface area contributed by atoms with Gasteiger partial charge in [0.2, 0.25) is 0 Å². The maximum absolute atomic E-state index is 8.47. The zero-order valence-electron chi connectivity index (χ0n) is 28.6. The van der Waals surface area contributed by atoms with Crippen molar-refractivity contribution in [3.63, 3.8) is 0 Å². The fraction of sp³-hybridized carbons (Fsp3) is 0.133. The first-order valence-corrected chi connectivity index (χ1v) is 16.8. The first-order chi connectivity index (χ1) is 24.5. The van der Waals surface area contributed by atoms with Gasteiger partial charge in [0.05, 0.1) is 0 Å². The second kappa shape index (κ2) is 11.8. The molecule has 6 aromatic carbocycles. The van der Waals surface area contributed by atoms with Crippen molar-refractivity contribution >= 4 is 0 Å². The quantitative estimate of drug-likeness (QED) is 0.192. The molecule has 48 heavy (non-hydrogen) atoms. The van der Waals surface area contributed by atoms with E-state index in [9.17, 15) is 0 Å². The van der Waals surface area contributed by atoms with Crippen molar-refractivity contribution in [2.24, 2.45) is 0 Å². The molecule has 1 aromatic heterocycles. The van der Waals surface area contributed by atoms with Gasteiger partial charge < -0.3 is 0 Å². The van der Waals surface area contributed by atoms with Gasteiger partial charge in [0.1, 0.15) is 0 Å². The van der Waals surface area contributed by atoms with Crippen LogP contribution in [0.2, 0.25) is 0 Å². The van der Waals surface area contributed by atoms with Crippen LogP contribution < -0.4 is 0 Å². The Labute approximate surface area is 284 Å². The van der Waals surface area contributed by atoms with Gasteiger partial charge in [-0.2, -0.15) is 0 Å². The summed E-state index contributed by atoms with van der Waals surface area (Å²) in [4.78, 5) is 15.0. The van der Waals surface area contributed by atoms with Crippen LogP contribution in [-0.2, 0) is 5.41 Å². The van der Waals surface area contributed by atoms with E-state index in [2.05, 4.69) is 84.9 Å². The summed E-state index contributed by atoms with van der Waals surface area (Å²) in [6.45, 7) is 0. The van der Waals surface area contributed by atoms with E-state index in [0.29, 0.717) is 30.3 Å². The topological polar surface area (TPSA) is 38.7 Å². The predicted molar refractivity (Wildman–Crippen MR) is 196 cm³/mol. The van der Waals surface area contributed by atoms with Gasteiger partial charge >= 0.3 is 0 Å². The first kappa shape index (κ1) is 26.4. The smallest absolute Gasteiger partial charge is 0.164 e. The SMILES string of the molecule is [2H]C1([2H])CCC2(CC1)c1ccccc1-c1ccc(-c3cccc(-c4ccccc4-c4nc(-c5ccccc5)nc(-c5ccccc5)n4)c3)cc12. The predicted octanol–water partition coefficient (Wildman–Crippen LogP) is 11.4. The van der Waals surface area contributed by atoms with Gasteiger partial charge in [0.15, 0.2) is 17.5 Å². The molecular weight excluding hydrogens is 583 g/mol. The molecule has 0 bridgehead atoms. The molecular formula is C45H35N3. The number of benzene rings is 6. The van der Waals surface area contributed by atoms with Gasteiger partial charge in [0, 0.05) is 24.8 Å². The third kappa shape index (κ3) is 4.86. The number of aromatic nitrogens is 3. The summed E-state index contributed by atoms with van der Waals surface area (Å²) in [7, 11) is 0. The summed E-state index contributed by atoms with van der Waals surface area (Å²) in [6.07, 6.45) is 1.69. The Balaban J connectivity index is 1.14. The third-order valence-electron chi connectivity index (χ3n) is 10.1. The molecule has 1 fully saturated rings. The Hall–Kier alpha value is -5.67. The molecule has 1 spiro atoms. The minimum absolute atomic E-state index is 0.149. The Bertz CT molecular complexity index is 2300. The van der Waals surface area contributed by atoms with E-state index < -0.39 is 6.37 Å².